The van der Waals surface area contributed by atoms with E-state index in [2.05, 4.69) is 22.4 Å². The Bertz CT molecular complexity index is 591. The van der Waals surface area contributed by atoms with Crippen LogP contribution in [0.25, 0.3) is 0 Å². The van der Waals surface area contributed by atoms with Gasteiger partial charge in [-0.15, -0.1) is 0 Å². The molecule has 1 amide bonds. The maximum absolute atomic E-state index is 12.5. The molecule has 0 bridgehead atoms. The largest absolute Gasteiger partial charge is 0.373 e. The summed E-state index contributed by atoms with van der Waals surface area (Å²) in [6.45, 7) is 3.47. The molecule has 1 aromatic rings. The summed E-state index contributed by atoms with van der Waals surface area (Å²) in [6.07, 6.45) is 6.82. The van der Waals surface area contributed by atoms with E-state index >= 15 is 0 Å². The minimum absolute atomic E-state index is 0.0476. The molecule has 6 nitrogen and oxygen atoms in total. The number of nitrogens with one attached hydrogen (secondary N) is 1. The van der Waals surface area contributed by atoms with Crippen LogP contribution in [-0.2, 0) is 17.8 Å². The van der Waals surface area contributed by atoms with E-state index in [1.165, 1.54) is 12.8 Å². The van der Waals surface area contributed by atoms with Crippen molar-refractivity contribution in [1.82, 2.24) is 20.0 Å². The molecule has 1 N–H and O–H groups in total. The van der Waals surface area contributed by atoms with Gasteiger partial charge in [0, 0.05) is 19.6 Å². The van der Waals surface area contributed by atoms with Crippen LogP contribution in [0.2, 0.25) is 0 Å². The topological polar surface area (TPSA) is 59.4 Å². The average molecular weight is 318 g/mol. The molecular formula is C17H26N4O2. The van der Waals surface area contributed by atoms with Crippen LogP contribution in [-0.4, -0.2) is 52.4 Å². The molecule has 2 aliphatic heterocycles. The Morgan fingerprint density at radius 1 is 1.35 bits per heavy atom. The van der Waals surface area contributed by atoms with Gasteiger partial charge in [-0.1, -0.05) is 12.8 Å². The van der Waals surface area contributed by atoms with E-state index in [0.717, 1.165) is 51.0 Å². The van der Waals surface area contributed by atoms with Crippen molar-refractivity contribution in [3.8, 4) is 0 Å². The van der Waals surface area contributed by atoms with Crippen molar-refractivity contribution in [2.45, 2.75) is 63.3 Å². The first kappa shape index (κ1) is 15.1. The van der Waals surface area contributed by atoms with Crippen LogP contribution in [0.4, 0.5) is 0 Å². The molecule has 3 heterocycles. The van der Waals surface area contributed by atoms with E-state index in [-0.39, 0.29) is 17.6 Å². The number of ether oxygens (including phenoxy) is 1. The van der Waals surface area contributed by atoms with Gasteiger partial charge < -0.3 is 15.0 Å². The first-order chi connectivity index (χ1) is 11.1. The zero-order valence-corrected chi connectivity index (χ0v) is 13.9. The molecule has 1 saturated carbocycles. The average Bonchev–Trinajstić information content (AvgIpc) is 3.21. The molecule has 2 fully saturated rings. The summed E-state index contributed by atoms with van der Waals surface area (Å²) in [4.78, 5) is 14.8. The summed E-state index contributed by atoms with van der Waals surface area (Å²) in [5.74, 6) is -0.0585. The molecule has 4 rings (SSSR count). The molecule has 0 aromatic carbocycles. The Balaban J connectivity index is 1.41. The third kappa shape index (κ3) is 3.02. The van der Waals surface area contributed by atoms with Gasteiger partial charge in [-0.3, -0.25) is 9.48 Å². The van der Waals surface area contributed by atoms with Crippen LogP contribution in [0.15, 0.2) is 6.07 Å². The number of aromatic nitrogens is 2. The summed E-state index contributed by atoms with van der Waals surface area (Å²) in [5.41, 5.74) is 1.72. The smallest absolute Gasteiger partial charge is 0.272 e. The van der Waals surface area contributed by atoms with Gasteiger partial charge in [0.1, 0.15) is 0 Å². The predicted octanol–water partition coefficient (Wildman–Crippen LogP) is 1.55. The van der Waals surface area contributed by atoms with E-state index < -0.39 is 0 Å². The number of aryl methyl sites for hydroxylation is 1. The van der Waals surface area contributed by atoms with Crippen molar-refractivity contribution in [2.75, 3.05) is 20.2 Å². The molecule has 1 aromatic heterocycles. The molecule has 3 aliphatic rings. The molecule has 1 atom stereocenters. The summed E-state index contributed by atoms with van der Waals surface area (Å²) in [6, 6.07) is 2.07. The lowest BCUT2D eigenvalue weighted by Crippen LogP contribution is -2.36. The highest BCUT2D eigenvalue weighted by Gasteiger charge is 2.43. The molecule has 23 heavy (non-hydrogen) atoms. The van der Waals surface area contributed by atoms with Gasteiger partial charge in [0.05, 0.1) is 23.9 Å². The van der Waals surface area contributed by atoms with Crippen molar-refractivity contribution in [2.24, 2.45) is 0 Å². The van der Waals surface area contributed by atoms with Gasteiger partial charge in [0.25, 0.3) is 5.91 Å². The third-order valence-corrected chi connectivity index (χ3v) is 5.50. The number of carbonyl (C=O) groups is 1. The predicted molar refractivity (Wildman–Crippen MR) is 86.2 cm³/mol. The molecular weight excluding hydrogens is 292 g/mol. The Morgan fingerprint density at radius 2 is 2.17 bits per heavy atom. The van der Waals surface area contributed by atoms with Crippen LogP contribution in [0.3, 0.4) is 0 Å². The van der Waals surface area contributed by atoms with Gasteiger partial charge in [0.2, 0.25) is 0 Å². The number of carbonyl (C=O) groups excluding carboxylic acids is 1. The minimum atomic E-state index is -0.0585. The van der Waals surface area contributed by atoms with Gasteiger partial charge in [-0.05, 0) is 38.8 Å². The Labute approximate surface area is 137 Å². The third-order valence-electron chi connectivity index (χ3n) is 5.50. The van der Waals surface area contributed by atoms with Gasteiger partial charge in [0.15, 0.2) is 5.69 Å². The van der Waals surface area contributed by atoms with Crippen molar-refractivity contribution >= 4 is 5.91 Å². The van der Waals surface area contributed by atoms with Crippen molar-refractivity contribution < 1.29 is 9.53 Å². The molecule has 1 spiro atoms. The lowest BCUT2D eigenvalue weighted by atomic mass is 9.96. The first-order valence-corrected chi connectivity index (χ1v) is 8.84. The van der Waals surface area contributed by atoms with Crippen LogP contribution in [0.1, 0.15) is 54.7 Å². The van der Waals surface area contributed by atoms with E-state index in [9.17, 15) is 4.79 Å². The maximum Gasteiger partial charge on any atom is 0.272 e. The highest BCUT2D eigenvalue weighted by molar-refractivity contribution is 5.92. The second-order valence-corrected chi connectivity index (χ2v) is 7.41. The quantitative estimate of drug-likeness (QED) is 0.899. The second kappa shape index (κ2) is 5.91. The summed E-state index contributed by atoms with van der Waals surface area (Å²) < 4.78 is 8.00. The summed E-state index contributed by atoms with van der Waals surface area (Å²) >= 11 is 0. The van der Waals surface area contributed by atoms with Gasteiger partial charge in [-0.2, -0.15) is 5.10 Å². The Morgan fingerprint density at radius 3 is 3.00 bits per heavy atom. The number of rotatable bonds is 2. The summed E-state index contributed by atoms with van der Waals surface area (Å²) in [7, 11) is 2.11. The van der Waals surface area contributed by atoms with Crippen LogP contribution in [0, 0.1) is 0 Å². The number of fused-ring (bicyclic) bond motifs is 1. The summed E-state index contributed by atoms with van der Waals surface area (Å²) in [5, 5.41) is 7.64. The molecule has 0 radical (unpaired) electrons. The maximum atomic E-state index is 12.5. The van der Waals surface area contributed by atoms with Crippen LogP contribution >= 0.6 is 0 Å². The fourth-order valence-electron chi connectivity index (χ4n) is 4.30. The van der Waals surface area contributed by atoms with E-state index in [1.807, 2.05) is 10.7 Å². The van der Waals surface area contributed by atoms with Crippen molar-refractivity contribution in [3.63, 3.8) is 0 Å². The zero-order valence-electron chi connectivity index (χ0n) is 13.9. The van der Waals surface area contributed by atoms with Crippen molar-refractivity contribution in [3.05, 3.63) is 17.5 Å². The number of hydrogen-bond acceptors (Lipinski definition) is 4. The number of nitrogens with zero attached hydrogens (tertiary/aromatic N) is 3. The Hall–Kier alpha value is -1.40. The number of hydrogen-bond donors (Lipinski definition) is 1. The fourth-order valence-corrected chi connectivity index (χ4v) is 4.30. The molecule has 1 saturated heterocycles. The van der Waals surface area contributed by atoms with Crippen molar-refractivity contribution in [1.29, 1.82) is 0 Å². The first-order valence-electron chi connectivity index (χ1n) is 8.84. The SMILES string of the molecule is CN1CCCn2nc(C(=O)N[C@H]3COC4(CCCC4)C3)cc2C1. The van der Waals surface area contributed by atoms with Gasteiger partial charge in [-0.25, -0.2) is 0 Å². The van der Waals surface area contributed by atoms with E-state index in [1.54, 1.807) is 0 Å². The van der Waals surface area contributed by atoms with Crippen LogP contribution < -0.4 is 5.32 Å². The van der Waals surface area contributed by atoms with Crippen LogP contribution in [0.5, 0.6) is 0 Å². The second-order valence-electron chi connectivity index (χ2n) is 7.41. The fraction of sp³-hybridized carbons (Fsp3) is 0.765. The molecule has 126 valence electrons. The highest BCUT2D eigenvalue weighted by Crippen LogP contribution is 2.40. The van der Waals surface area contributed by atoms with E-state index in [0.29, 0.717) is 12.3 Å². The molecule has 0 unspecified atom stereocenters. The van der Waals surface area contributed by atoms with Gasteiger partial charge >= 0.3 is 0 Å². The monoisotopic (exact) mass is 318 g/mol. The molecule has 6 heteroatoms. The number of amides is 1. The normalized spacial score (nSPS) is 27.1. The lowest BCUT2D eigenvalue weighted by molar-refractivity contribution is 0.00987. The highest BCUT2D eigenvalue weighted by atomic mass is 16.5. The van der Waals surface area contributed by atoms with E-state index in [4.69, 9.17) is 4.74 Å². The Kier molecular flexibility index (Phi) is 3.89. The minimum Gasteiger partial charge on any atom is -0.373 e. The lowest BCUT2D eigenvalue weighted by Gasteiger charge is -2.21. The standard InChI is InChI=1S/C17H26N4O2/c1-20-7-4-8-21-14(11-20)9-15(19-21)16(22)18-13-10-17(23-12-13)5-2-3-6-17/h9,13H,2-8,10-12H2,1H3,(H,18,22)/t13-/m1/s1. The zero-order chi connectivity index (χ0) is 15.9. The molecule has 1 aliphatic carbocycles.